The Morgan fingerprint density at radius 1 is 0.283 bits per heavy atom. The third-order valence-electron chi connectivity index (χ3n) is 18.9. The monoisotopic (exact) mass is 1450 g/mol. The molecule has 0 saturated heterocycles. The maximum atomic E-state index is 13.1. The number of rotatable bonds is 77. The second-order valence-electron chi connectivity index (χ2n) is 30.5. The first-order valence-electron chi connectivity index (χ1n) is 41.2. The average molecular weight is 1450 g/mol. The van der Waals surface area contributed by atoms with Gasteiger partial charge in [0.1, 0.15) is 19.3 Å². The second-order valence-corrected chi connectivity index (χ2v) is 33.4. The van der Waals surface area contributed by atoms with Crippen molar-refractivity contribution >= 4 is 39.5 Å². The molecule has 0 aliphatic heterocycles. The van der Waals surface area contributed by atoms with Gasteiger partial charge in [0.2, 0.25) is 0 Å². The molecule has 0 bridgehead atoms. The normalized spacial score (nSPS) is 14.3. The fourth-order valence-corrected chi connectivity index (χ4v) is 13.8. The molecule has 588 valence electrons. The number of ether oxygens (including phenoxy) is 4. The molecule has 6 atom stereocenters. The number of carbonyl (C=O) groups excluding carboxylic acids is 4. The SMILES string of the molecule is CCC(C)CCCCCCCCCCCCC(=O)O[C@H](COC(=O)CCCCCCCCCCCCCCCCCC(C)C)COP(=O)(O)OCC(O)COP(=O)(O)OC[C@@H](COC(=O)CCCCCCCCC(C)C)OC(=O)CCCCCCCCCCCCCCCCCC(C)C. The predicted octanol–water partition coefficient (Wildman–Crippen LogP) is 23.6. The third kappa shape index (κ3) is 72.8. The van der Waals surface area contributed by atoms with E-state index in [1.807, 2.05) is 0 Å². The molecule has 0 fully saturated rings. The van der Waals surface area contributed by atoms with Gasteiger partial charge in [-0.2, -0.15) is 0 Å². The highest BCUT2D eigenvalue weighted by atomic mass is 31.2. The molecule has 0 radical (unpaired) electrons. The highest BCUT2D eigenvalue weighted by molar-refractivity contribution is 7.47. The highest BCUT2D eigenvalue weighted by Gasteiger charge is 2.30. The van der Waals surface area contributed by atoms with E-state index in [2.05, 4.69) is 55.4 Å². The van der Waals surface area contributed by atoms with Crippen LogP contribution < -0.4 is 0 Å². The summed E-state index contributed by atoms with van der Waals surface area (Å²) in [6.07, 6.45) is 55.6. The van der Waals surface area contributed by atoms with E-state index in [1.165, 1.54) is 205 Å². The van der Waals surface area contributed by atoms with Crippen LogP contribution in [0.2, 0.25) is 0 Å². The minimum absolute atomic E-state index is 0.106. The summed E-state index contributed by atoms with van der Waals surface area (Å²) in [6, 6.07) is 0. The van der Waals surface area contributed by atoms with E-state index in [0.29, 0.717) is 31.6 Å². The van der Waals surface area contributed by atoms with E-state index < -0.39 is 97.5 Å². The van der Waals surface area contributed by atoms with Crippen molar-refractivity contribution in [2.45, 2.75) is 427 Å². The first-order chi connectivity index (χ1) is 47.6. The Morgan fingerprint density at radius 2 is 0.485 bits per heavy atom. The first kappa shape index (κ1) is 97.1. The van der Waals surface area contributed by atoms with E-state index in [4.69, 9.17) is 37.0 Å². The number of hydrogen-bond acceptors (Lipinski definition) is 15. The van der Waals surface area contributed by atoms with Gasteiger partial charge in [0, 0.05) is 25.7 Å². The highest BCUT2D eigenvalue weighted by Crippen LogP contribution is 2.45. The van der Waals surface area contributed by atoms with Crippen molar-refractivity contribution in [3.8, 4) is 0 Å². The van der Waals surface area contributed by atoms with E-state index in [0.717, 1.165) is 114 Å². The topological polar surface area (TPSA) is 237 Å². The zero-order valence-corrected chi connectivity index (χ0v) is 66.9. The average Bonchev–Trinajstić information content (AvgIpc) is 0.959. The number of carbonyl (C=O) groups is 4. The lowest BCUT2D eigenvalue weighted by atomic mass is 9.99. The lowest BCUT2D eigenvalue weighted by Crippen LogP contribution is -2.30. The van der Waals surface area contributed by atoms with Crippen LogP contribution in [-0.2, 0) is 65.4 Å². The molecule has 17 nitrogen and oxygen atoms in total. The Bertz CT molecular complexity index is 1940. The zero-order valence-electron chi connectivity index (χ0n) is 65.1. The Balaban J connectivity index is 5.21. The second kappa shape index (κ2) is 69.1. The van der Waals surface area contributed by atoms with Gasteiger partial charge in [0.15, 0.2) is 12.2 Å². The maximum Gasteiger partial charge on any atom is 0.472 e. The van der Waals surface area contributed by atoms with Gasteiger partial charge in [-0.25, -0.2) is 9.13 Å². The summed E-state index contributed by atoms with van der Waals surface area (Å²) in [5.41, 5.74) is 0. The largest absolute Gasteiger partial charge is 0.472 e. The minimum Gasteiger partial charge on any atom is -0.462 e. The lowest BCUT2D eigenvalue weighted by Gasteiger charge is -2.21. The molecule has 19 heteroatoms. The van der Waals surface area contributed by atoms with Gasteiger partial charge in [-0.15, -0.1) is 0 Å². The van der Waals surface area contributed by atoms with Gasteiger partial charge < -0.3 is 33.8 Å². The number of aliphatic hydroxyl groups excluding tert-OH is 1. The Kier molecular flexibility index (Phi) is 67.8. The Labute approximate surface area is 607 Å². The number of phosphoric acid groups is 2. The molecule has 99 heavy (non-hydrogen) atoms. The molecule has 0 aromatic carbocycles. The lowest BCUT2D eigenvalue weighted by molar-refractivity contribution is -0.161. The molecule has 0 saturated carbocycles. The van der Waals surface area contributed by atoms with Gasteiger partial charge in [-0.1, -0.05) is 357 Å². The Hall–Kier alpha value is -1.94. The minimum atomic E-state index is -4.96. The van der Waals surface area contributed by atoms with Gasteiger partial charge >= 0.3 is 39.5 Å². The van der Waals surface area contributed by atoms with Crippen molar-refractivity contribution in [2.24, 2.45) is 23.7 Å². The molecule has 0 aromatic rings. The number of esters is 4. The summed E-state index contributed by atoms with van der Waals surface area (Å²) in [5, 5.41) is 10.6. The van der Waals surface area contributed by atoms with Gasteiger partial charge in [0.05, 0.1) is 26.4 Å². The van der Waals surface area contributed by atoms with Crippen molar-refractivity contribution in [1.82, 2.24) is 0 Å². The molecule has 0 rings (SSSR count). The molecule has 4 unspecified atom stereocenters. The van der Waals surface area contributed by atoms with Crippen LogP contribution in [-0.4, -0.2) is 96.7 Å². The van der Waals surface area contributed by atoms with Crippen LogP contribution in [0.25, 0.3) is 0 Å². The van der Waals surface area contributed by atoms with Gasteiger partial charge in [-0.3, -0.25) is 37.3 Å². The van der Waals surface area contributed by atoms with Crippen LogP contribution in [0.5, 0.6) is 0 Å². The zero-order chi connectivity index (χ0) is 73.1. The van der Waals surface area contributed by atoms with Crippen molar-refractivity contribution in [2.75, 3.05) is 39.6 Å². The summed E-state index contributed by atoms with van der Waals surface area (Å²) < 4.78 is 68.6. The summed E-state index contributed by atoms with van der Waals surface area (Å²) in [4.78, 5) is 72.9. The van der Waals surface area contributed by atoms with Crippen LogP contribution in [0, 0.1) is 23.7 Å². The van der Waals surface area contributed by atoms with Crippen molar-refractivity contribution < 1.29 is 80.2 Å². The first-order valence-corrected chi connectivity index (χ1v) is 44.2. The van der Waals surface area contributed by atoms with Gasteiger partial charge in [0.25, 0.3) is 0 Å². The predicted molar refractivity (Wildman–Crippen MR) is 404 cm³/mol. The van der Waals surface area contributed by atoms with Crippen LogP contribution in [0.3, 0.4) is 0 Å². The molecule has 0 amide bonds. The standard InChI is InChI=1S/C80H156O17P2/c1-9-73(8)59-51-43-34-28-24-25-31-37-47-55-63-80(85)96-75(66-90-77(82)60-52-44-35-29-22-18-14-10-12-16-20-26-32-40-48-56-70(2)3)68-94-98(86,87)92-64-74(81)65-93-99(88,89)95-69-76(67-91-78(83)61-53-45-39-38-42-50-58-72(6)7)97-79(84)62-54-46-36-30-23-19-15-11-13-17-21-27-33-41-49-57-71(4)5/h70-76,81H,9-69H2,1-8H3,(H,86,87)(H,88,89)/t73?,74?,75-,76-/m1/s1. The molecular weight excluding hydrogens is 1290 g/mol. The number of aliphatic hydroxyl groups is 1. The fourth-order valence-electron chi connectivity index (χ4n) is 12.2. The summed E-state index contributed by atoms with van der Waals surface area (Å²) in [6.45, 7) is 14.2. The van der Waals surface area contributed by atoms with Crippen LogP contribution >= 0.6 is 15.6 Å². The molecule has 0 aromatic heterocycles. The maximum absolute atomic E-state index is 13.1. The van der Waals surface area contributed by atoms with Crippen molar-refractivity contribution in [1.29, 1.82) is 0 Å². The number of phosphoric ester groups is 2. The summed E-state index contributed by atoms with van der Waals surface area (Å²) in [5.74, 6) is 0.974. The van der Waals surface area contributed by atoms with E-state index in [-0.39, 0.29) is 25.7 Å². The molecule has 3 N–H and O–H groups in total. The molecule has 0 aliphatic rings. The van der Waals surface area contributed by atoms with Crippen molar-refractivity contribution in [3.05, 3.63) is 0 Å². The molecule has 0 heterocycles. The smallest absolute Gasteiger partial charge is 0.462 e. The molecular formula is C80H156O17P2. The third-order valence-corrected chi connectivity index (χ3v) is 20.8. The van der Waals surface area contributed by atoms with E-state index in [9.17, 15) is 43.2 Å². The molecule has 0 spiro atoms. The summed E-state index contributed by atoms with van der Waals surface area (Å²) >= 11 is 0. The number of hydrogen-bond donors (Lipinski definition) is 3. The van der Waals surface area contributed by atoms with E-state index >= 15 is 0 Å². The number of unbranched alkanes of at least 4 members (excludes halogenated alkanes) is 42. The Morgan fingerprint density at radius 3 is 0.717 bits per heavy atom. The van der Waals surface area contributed by atoms with Crippen molar-refractivity contribution in [3.63, 3.8) is 0 Å². The fraction of sp³-hybridized carbons (Fsp3) is 0.950. The van der Waals surface area contributed by atoms with Gasteiger partial charge in [-0.05, 0) is 49.4 Å². The van der Waals surface area contributed by atoms with Crippen LogP contribution in [0.1, 0.15) is 409 Å². The van der Waals surface area contributed by atoms with Crippen LogP contribution in [0.4, 0.5) is 0 Å². The summed E-state index contributed by atoms with van der Waals surface area (Å²) in [7, 11) is -9.92. The van der Waals surface area contributed by atoms with Crippen LogP contribution in [0.15, 0.2) is 0 Å². The van der Waals surface area contributed by atoms with E-state index in [1.54, 1.807) is 0 Å². The quantitative estimate of drug-likeness (QED) is 0.0222. The molecule has 0 aliphatic carbocycles.